The van der Waals surface area contributed by atoms with Crippen molar-refractivity contribution in [2.24, 2.45) is 11.7 Å². The number of hydrogen-bond acceptors (Lipinski definition) is 2. The molecule has 2 N–H and O–H groups in total. The topological polar surface area (TPSA) is 29.3 Å². The molecule has 1 aromatic carbocycles. The van der Waals surface area contributed by atoms with E-state index in [1.165, 1.54) is 37.8 Å². The van der Waals surface area contributed by atoms with Crippen molar-refractivity contribution in [3.05, 3.63) is 35.1 Å². The van der Waals surface area contributed by atoms with Gasteiger partial charge < -0.3 is 5.73 Å². The first-order valence-electron chi connectivity index (χ1n) is 7.41. The highest BCUT2D eigenvalue weighted by Crippen LogP contribution is 2.39. The molecule has 0 radical (unpaired) electrons. The minimum atomic E-state index is -0.125. The van der Waals surface area contributed by atoms with Crippen molar-refractivity contribution in [1.29, 1.82) is 0 Å². The van der Waals surface area contributed by atoms with Gasteiger partial charge in [0.25, 0.3) is 0 Å². The molecule has 1 aromatic rings. The molecule has 1 atom stereocenters. The molecular weight excluding hydrogens is 239 g/mol. The highest BCUT2D eigenvalue weighted by molar-refractivity contribution is 5.27. The number of rotatable bonds is 6. The maximum atomic E-state index is 13.4. The molecule has 0 aromatic heterocycles. The Morgan fingerprint density at radius 2 is 2.05 bits per heavy atom. The van der Waals surface area contributed by atoms with Crippen molar-refractivity contribution in [3.63, 3.8) is 0 Å². The van der Waals surface area contributed by atoms with Crippen molar-refractivity contribution >= 4 is 0 Å². The fourth-order valence-electron chi connectivity index (χ4n) is 2.87. The van der Waals surface area contributed by atoms with E-state index in [0.29, 0.717) is 12.6 Å². The number of benzene rings is 1. The van der Waals surface area contributed by atoms with E-state index in [1.54, 1.807) is 6.07 Å². The minimum Gasteiger partial charge on any atom is -0.329 e. The summed E-state index contributed by atoms with van der Waals surface area (Å²) in [6, 6.07) is 6.42. The van der Waals surface area contributed by atoms with Crippen molar-refractivity contribution < 1.29 is 4.39 Å². The van der Waals surface area contributed by atoms with E-state index in [-0.39, 0.29) is 11.9 Å². The molecule has 2 saturated carbocycles. The van der Waals surface area contributed by atoms with Crippen LogP contribution in [0.4, 0.5) is 4.39 Å². The van der Waals surface area contributed by atoms with E-state index >= 15 is 0 Å². The van der Waals surface area contributed by atoms with Gasteiger partial charge in [-0.15, -0.1) is 0 Å². The fraction of sp³-hybridized carbons (Fsp3) is 0.625. The van der Waals surface area contributed by atoms with E-state index in [4.69, 9.17) is 5.73 Å². The van der Waals surface area contributed by atoms with Crippen LogP contribution in [0.1, 0.15) is 42.9 Å². The van der Waals surface area contributed by atoms with Crippen LogP contribution < -0.4 is 5.73 Å². The smallest absolute Gasteiger partial charge is 0.126 e. The Morgan fingerprint density at radius 3 is 2.58 bits per heavy atom. The van der Waals surface area contributed by atoms with Crippen molar-refractivity contribution in [2.45, 2.75) is 44.7 Å². The molecule has 0 heterocycles. The highest BCUT2D eigenvalue weighted by atomic mass is 19.1. The summed E-state index contributed by atoms with van der Waals surface area (Å²) >= 11 is 0. The normalized spacial score (nSPS) is 20.8. The Labute approximate surface area is 114 Å². The SMILES string of the molecule is Cc1cc(C(CN)N(CC2CC2)C2CC2)ccc1F. The monoisotopic (exact) mass is 262 g/mol. The van der Waals surface area contributed by atoms with E-state index in [1.807, 2.05) is 19.1 Å². The zero-order chi connectivity index (χ0) is 13.4. The summed E-state index contributed by atoms with van der Waals surface area (Å²) in [5.74, 6) is 0.746. The molecule has 19 heavy (non-hydrogen) atoms. The summed E-state index contributed by atoms with van der Waals surface area (Å²) in [6.07, 6.45) is 5.32. The number of nitrogens with two attached hydrogens (primary N) is 1. The number of hydrogen-bond donors (Lipinski definition) is 1. The van der Waals surface area contributed by atoms with Crippen LogP contribution in [0, 0.1) is 18.7 Å². The van der Waals surface area contributed by atoms with Crippen LogP contribution in [0.3, 0.4) is 0 Å². The van der Waals surface area contributed by atoms with Crippen LogP contribution in [0.15, 0.2) is 18.2 Å². The zero-order valence-corrected chi connectivity index (χ0v) is 11.6. The minimum absolute atomic E-state index is 0.125. The zero-order valence-electron chi connectivity index (χ0n) is 11.6. The number of halogens is 1. The first kappa shape index (κ1) is 13.1. The quantitative estimate of drug-likeness (QED) is 0.854. The van der Waals surface area contributed by atoms with Crippen molar-refractivity contribution in [1.82, 2.24) is 4.90 Å². The maximum Gasteiger partial charge on any atom is 0.126 e. The fourth-order valence-corrected chi connectivity index (χ4v) is 2.87. The van der Waals surface area contributed by atoms with Gasteiger partial charge in [0.2, 0.25) is 0 Å². The van der Waals surface area contributed by atoms with Gasteiger partial charge in [-0.3, -0.25) is 4.90 Å². The molecule has 2 nitrogen and oxygen atoms in total. The van der Waals surface area contributed by atoms with Crippen LogP contribution in [-0.4, -0.2) is 24.0 Å². The van der Waals surface area contributed by atoms with E-state index in [9.17, 15) is 4.39 Å². The summed E-state index contributed by atoms with van der Waals surface area (Å²) in [5.41, 5.74) is 7.92. The molecule has 2 aliphatic rings. The second-order valence-corrected chi connectivity index (χ2v) is 6.13. The van der Waals surface area contributed by atoms with E-state index in [0.717, 1.165) is 11.5 Å². The lowest BCUT2D eigenvalue weighted by molar-refractivity contribution is 0.182. The van der Waals surface area contributed by atoms with Gasteiger partial charge in [0.1, 0.15) is 5.82 Å². The molecule has 0 aliphatic heterocycles. The molecular formula is C16H23FN2. The van der Waals surface area contributed by atoms with Gasteiger partial charge in [-0.05, 0) is 55.7 Å². The molecule has 3 heteroatoms. The first-order valence-corrected chi connectivity index (χ1v) is 7.41. The van der Waals surface area contributed by atoms with Crippen LogP contribution in [0.5, 0.6) is 0 Å². The van der Waals surface area contributed by atoms with Gasteiger partial charge in [-0.2, -0.15) is 0 Å². The second kappa shape index (κ2) is 5.22. The van der Waals surface area contributed by atoms with Gasteiger partial charge in [-0.25, -0.2) is 4.39 Å². The lowest BCUT2D eigenvalue weighted by Crippen LogP contribution is -2.37. The molecule has 0 amide bonds. The molecule has 2 fully saturated rings. The van der Waals surface area contributed by atoms with Crippen LogP contribution in [0.2, 0.25) is 0 Å². The van der Waals surface area contributed by atoms with Crippen LogP contribution in [-0.2, 0) is 0 Å². The Morgan fingerprint density at radius 1 is 1.32 bits per heavy atom. The van der Waals surface area contributed by atoms with Crippen LogP contribution >= 0.6 is 0 Å². The van der Waals surface area contributed by atoms with Crippen LogP contribution in [0.25, 0.3) is 0 Å². The lowest BCUT2D eigenvalue weighted by atomic mass is 10.0. The van der Waals surface area contributed by atoms with Gasteiger partial charge in [0.15, 0.2) is 0 Å². The molecule has 104 valence electrons. The van der Waals surface area contributed by atoms with Crippen molar-refractivity contribution in [3.8, 4) is 0 Å². The third kappa shape index (κ3) is 2.98. The summed E-state index contributed by atoms with van der Waals surface area (Å²) in [4.78, 5) is 2.57. The average molecular weight is 262 g/mol. The van der Waals surface area contributed by atoms with Gasteiger partial charge in [0.05, 0.1) is 0 Å². The van der Waals surface area contributed by atoms with Gasteiger partial charge >= 0.3 is 0 Å². The highest BCUT2D eigenvalue weighted by Gasteiger charge is 2.37. The molecule has 0 bridgehead atoms. The van der Waals surface area contributed by atoms with Gasteiger partial charge in [0, 0.05) is 25.2 Å². The Kier molecular flexibility index (Phi) is 3.59. The number of aryl methyl sites for hydroxylation is 1. The average Bonchev–Trinajstić information content (AvgIpc) is 3.27. The molecule has 3 rings (SSSR count). The molecule has 1 unspecified atom stereocenters. The molecule has 0 saturated heterocycles. The Bertz CT molecular complexity index is 452. The molecule has 2 aliphatic carbocycles. The number of nitrogens with zero attached hydrogens (tertiary/aromatic N) is 1. The summed E-state index contributed by atoms with van der Waals surface area (Å²) in [7, 11) is 0. The lowest BCUT2D eigenvalue weighted by Gasteiger charge is -2.31. The summed E-state index contributed by atoms with van der Waals surface area (Å²) in [6.45, 7) is 3.62. The van der Waals surface area contributed by atoms with Gasteiger partial charge in [-0.1, -0.05) is 12.1 Å². The Hall–Kier alpha value is -0.930. The third-order valence-electron chi connectivity index (χ3n) is 4.37. The second-order valence-electron chi connectivity index (χ2n) is 6.13. The Balaban J connectivity index is 1.81. The predicted molar refractivity (Wildman–Crippen MR) is 75.4 cm³/mol. The van der Waals surface area contributed by atoms with E-state index < -0.39 is 0 Å². The third-order valence-corrected chi connectivity index (χ3v) is 4.37. The molecule has 0 spiro atoms. The largest absolute Gasteiger partial charge is 0.329 e. The predicted octanol–water partition coefficient (Wildman–Crippen LogP) is 3.01. The summed E-state index contributed by atoms with van der Waals surface area (Å²) < 4.78 is 13.4. The standard InChI is InChI=1S/C16H23FN2/c1-11-8-13(4-7-15(11)17)16(9-18)19(14-5-6-14)10-12-2-3-12/h4,7-8,12,14,16H,2-3,5-6,9-10,18H2,1H3. The summed E-state index contributed by atoms with van der Waals surface area (Å²) in [5, 5.41) is 0. The van der Waals surface area contributed by atoms with Crippen molar-refractivity contribution in [2.75, 3.05) is 13.1 Å². The maximum absolute atomic E-state index is 13.4. The van der Waals surface area contributed by atoms with E-state index in [2.05, 4.69) is 4.90 Å². The first-order chi connectivity index (χ1) is 9.19.